The first-order chi connectivity index (χ1) is 10.1. The molecule has 0 aromatic heterocycles. The molecule has 0 fully saturated rings. The lowest BCUT2D eigenvalue weighted by molar-refractivity contribution is 0.257. The molecule has 21 heavy (non-hydrogen) atoms. The van der Waals surface area contributed by atoms with E-state index in [1.165, 1.54) is 0 Å². The predicted molar refractivity (Wildman–Crippen MR) is 86.9 cm³/mol. The second kappa shape index (κ2) is 5.36. The fourth-order valence-electron chi connectivity index (χ4n) is 2.47. The highest BCUT2D eigenvalue weighted by Crippen LogP contribution is 2.32. The van der Waals surface area contributed by atoms with Crippen LogP contribution in [-0.4, -0.2) is 26.2 Å². The van der Waals surface area contributed by atoms with Crippen LogP contribution in [0, 0.1) is 0 Å². The first-order valence-corrected chi connectivity index (χ1v) is 6.89. The molecule has 0 saturated heterocycles. The van der Waals surface area contributed by atoms with Crippen LogP contribution in [0.1, 0.15) is 0 Å². The van der Waals surface area contributed by atoms with Crippen LogP contribution in [0.3, 0.4) is 0 Å². The Bertz CT molecular complexity index is 654. The summed E-state index contributed by atoms with van der Waals surface area (Å²) in [5, 5.41) is 2.91. The van der Waals surface area contributed by atoms with E-state index < -0.39 is 0 Å². The minimum absolute atomic E-state index is 0.125. The number of hydrogen-bond acceptors (Lipinski definition) is 3. The Balaban J connectivity index is 1.82. The van der Waals surface area contributed by atoms with E-state index in [-0.39, 0.29) is 6.03 Å². The molecular weight excluding hydrogens is 264 g/mol. The van der Waals surface area contributed by atoms with Crippen molar-refractivity contribution in [2.45, 2.75) is 0 Å². The number of anilines is 4. The molecule has 2 aromatic rings. The normalized spacial score (nSPS) is 13.8. The van der Waals surface area contributed by atoms with Gasteiger partial charge in [-0.15, -0.1) is 0 Å². The van der Waals surface area contributed by atoms with Gasteiger partial charge in [-0.2, -0.15) is 0 Å². The number of hydrogen-bond donors (Lipinski definition) is 2. The fraction of sp³-hybridized carbons (Fsp3) is 0.188. The molecule has 108 valence electrons. The van der Waals surface area contributed by atoms with Crippen molar-refractivity contribution < 1.29 is 4.79 Å². The van der Waals surface area contributed by atoms with Crippen molar-refractivity contribution in [3.63, 3.8) is 0 Å². The van der Waals surface area contributed by atoms with Gasteiger partial charge in [-0.3, -0.25) is 4.90 Å². The summed E-state index contributed by atoms with van der Waals surface area (Å²) in [5.74, 6) is 0. The number of nitrogen functional groups attached to an aromatic ring is 1. The molecule has 5 heteroatoms. The van der Waals surface area contributed by atoms with Crippen LogP contribution >= 0.6 is 0 Å². The van der Waals surface area contributed by atoms with Gasteiger partial charge in [0.2, 0.25) is 0 Å². The maximum absolute atomic E-state index is 12.5. The number of carbonyl (C=O) groups excluding carboxylic acids is 1. The predicted octanol–water partition coefficient (Wildman–Crippen LogP) is 2.76. The van der Waals surface area contributed by atoms with Gasteiger partial charge in [-0.05, 0) is 36.4 Å². The van der Waals surface area contributed by atoms with E-state index in [0.717, 1.165) is 23.6 Å². The second-order valence-electron chi connectivity index (χ2n) is 5.11. The van der Waals surface area contributed by atoms with Crippen LogP contribution in [0.5, 0.6) is 0 Å². The summed E-state index contributed by atoms with van der Waals surface area (Å²) < 4.78 is 0. The molecule has 3 rings (SSSR count). The van der Waals surface area contributed by atoms with Crippen LogP contribution in [-0.2, 0) is 0 Å². The molecule has 0 radical (unpaired) electrons. The molecule has 2 aromatic carbocycles. The lowest BCUT2D eigenvalue weighted by Gasteiger charge is -2.35. The van der Waals surface area contributed by atoms with Crippen LogP contribution in [0.15, 0.2) is 48.5 Å². The molecule has 0 aliphatic carbocycles. The van der Waals surface area contributed by atoms with E-state index in [4.69, 9.17) is 5.73 Å². The van der Waals surface area contributed by atoms with Gasteiger partial charge in [-0.1, -0.05) is 12.1 Å². The van der Waals surface area contributed by atoms with Crippen molar-refractivity contribution in [1.82, 2.24) is 0 Å². The number of rotatable bonds is 1. The third-order valence-corrected chi connectivity index (χ3v) is 3.65. The summed E-state index contributed by atoms with van der Waals surface area (Å²) >= 11 is 0. The molecule has 5 nitrogen and oxygen atoms in total. The smallest absolute Gasteiger partial charge is 0.326 e. The van der Waals surface area contributed by atoms with Crippen LogP contribution in [0.25, 0.3) is 0 Å². The fourth-order valence-corrected chi connectivity index (χ4v) is 2.47. The molecule has 0 atom stereocenters. The number of benzene rings is 2. The zero-order valence-corrected chi connectivity index (χ0v) is 11.9. The number of amides is 2. The molecule has 2 amide bonds. The summed E-state index contributed by atoms with van der Waals surface area (Å²) in [5.41, 5.74) is 9.07. The number of fused-ring (bicyclic) bond motifs is 1. The summed E-state index contributed by atoms with van der Waals surface area (Å²) in [6.45, 7) is 1.47. The van der Waals surface area contributed by atoms with Crippen molar-refractivity contribution in [1.29, 1.82) is 0 Å². The number of nitrogens with zero attached hydrogens (tertiary/aromatic N) is 2. The average molecular weight is 282 g/mol. The SMILES string of the molecule is CN1CCN(C(=O)Nc2ccc(N)cc2)c2ccccc21. The molecule has 0 unspecified atom stereocenters. The molecule has 0 spiro atoms. The third-order valence-electron chi connectivity index (χ3n) is 3.65. The quantitative estimate of drug-likeness (QED) is 0.791. The lowest BCUT2D eigenvalue weighted by Crippen LogP contribution is -2.44. The van der Waals surface area contributed by atoms with Crippen molar-refractivity contribution >= 4 is 28.8 Å². The first kappa shape index (κ1) is 13.3. The summed E-state index contributed by atoms with van der Waals surface area (Å²) in [6.07, 6.45) is 0. The summed E-state index contributed by atoms with van der Waals surface area (Å²) in [7, 11) is 2.04. The molecule has 0 bridgehead atoms. The topological polar surface area (TPSA) is 61.6 Å². The molecule has 0 saturated carbocycles. The van der Waals surface area contributed by atoms with Gasteiger partial charge in [0, 0.05) is 31.5 Å². The van der Waals surface area contributed by atoms with Crippen molar-refractivity contribution in [3.8, 4) is 0 Å². The Morgan fingerprint density at radius 2 is 1.71 bits per heavy atom. The van der Waals surface area contributed by atoms with E-state index in [9.17, 15) is 4.79 Å². The molecule has 3 N–H and O–H groups in total. The largest absolute Gasteiger partial charge is 0.399 e. The number of likely N-dealkylation sites (N-methyl/N-ethyl adjacent to an activating group) is 1. The number of carbonyl (C=O) groups is 1. The molecular formula is C16H18N4O. The van der Waals surface area contributed by atoms with Gasteiger partial charge in [0.25, 0.3) is 0 Å². The Labute approximate surface area is 124 Å². The van der Waals surface area contributed by atoms with Crippen LogP contribution in [0.2, 0.25) is 0 Å². The lowest BCUT2D eigenvalue weighted by atomic mass is 10.2. The van der Waals surface area contributed by atoms with Gasteiger partial charge >= 0.3 is 6.03 Å². The van der Waals surface area contributed by atoms with Gasteiger partial charge in [0.05, 0.1) is 11.4 Å². The minimum Gasteiger partial charge on any atom is -0.399 e. The Morgan fingerprint density at radius 3 is 2.43 bits per heavy atom. The number of nitrogens with one attached hydrogen (secondary N) is 1. The summed E-state index contributed by atoms with van der Waals surface area (Å²) in [4.78, 5) is 16.4. The van der Waals surface area contributed by atoms with Crippen molar-refractivity contribution in [3.05, 3.63) is 48.5 Å². The van der Waals surface area contributed by atoms with Crippen LogP contribution in [0.4, 0.5) is 27.5 Å². The van der Waals surface area contributed by atoms with E-state index in [0.29, 0.717) is 12.2 Å². The molecule has 1 heterocycles. The van der Waals surface area contributed by atoms with Gasteiger partial charge in [0.1, 0.15) is 0 Å². The van der Waals surface area contributed by atoms with E-state index >= 15 is 0 Å². The Morgan fingerprint density at radius 1 is 1.05 bits per heavy atom. The molecule has 1 aliphatic rings. The monoisotopic (exact) mass is 282 g/mol. The Kier molecular flexibility index (Phi) is 3.39. The number of para-hydroxylation sites is 2. The highest BCUT2D eigenvalue weighted by molar-refractivity contribution is 6.04. The molecule has 1 aliphatic heterocycles. The van der Waals surface area contributed by atoms with Crippen molar-refractivity contribution in [2.24, 2.45) is 0 Å². The average Bonchev–Trinajstić information content (AvgIpc) is 2.50. The number of urea groups is 1. The highest BCUT2D eigenvalue weighted by atomic mass is 16.2. The van der Waals surface area contributed by atoms with E-state index in [1.807, 2.05) is 31.3 Å². The minimum atomic E-state index is -0.125. The van der Waals surface area contributed by atoms with Crippen LogP contribution < -0.4 is 20.9 Å². The summed E-state index contributed by atoms with van der Waals surface area (Å²) in [6, 6.07) is 14.9. The van der Waals surface area contributed by atoms with Gasteiger partial charge in [0.15, 0.2) is 0 Å². The first-order valence-electron chi connectivity index (χ1n) is 6.89. The Hall–Kier alpha value is -2.69. The van der Waals surface area contributed by atoms with E-state index in [2.05, 4.69) is 10.2 Å². The third kappa shape index (κ3) is 2.63. The maximum Gasteiger partial charge on any atom is 0.326 e. The standard InChI is InChI=1S/C16H18N4O/c1-19-10-11-20(15-5-3-2-4-14(15)19)16(21)18-13-8-6-12(17)7-9-13/h2-9H,10-11,17H2,1H3,(H,18,21). The zero-order valence-electron chi connectivity index (χ0n) is 11.9. The zero-order chi connectivity index (χ0) is 14.8. The highest BCUT2D eigenvalue weighted by Gasteiger charge is 2.24. The maximum atomic E-state index is 12.5. The number of nitrogens with two attached hydrogens (primary N) is 1. The van der Waals surface area contributed by atoms with Crippen molar-refractivity contribution in [2.75, 3.05) is 41.0 Å². The van der Waals surface area contributed by atoms with Gasteiger partial charge < -0.3 is 16.0 Å². The second-order valence-corrected chi connectivity index (χ2v) is 5.11. The van der Waals surface area contributed by atoms with E-state index in [1.54, 1.807) is 29.2 Å². The van der Waals surface area contributed by atoms with Gasteiger partial charge in [-0.25, -0.2) is 4.79 Å².